The van der Waals surface area contributed by atoms with Crippen LogP contribution in [0.1, 0.15) is 0 Å². The number of likely N-dealkylation sites (N-methyl/N-ethyl adjacent to an activating group) is 1. The smallest absolute Gasteiger partial charge is 0.0846 e. The third-order valence-electron chi connectivity index (χ3n) is 1.48. The Morgan fingerprint density at radius 1 is 1.62 bits per heavy atom. The summed E-state index contributed by atoms with van der Waals surface area (Å²) < 4.78 is 0. The van der Waals surface area contributed by atoms with Crippen LogP contribution in [0.3, 0.4) is 0 Å². The molecule has 47 valence electrons. The molecule has 2 atom stereocenters. The van der Waals surface area contributed by atoms with Gasteiger partial charge in [-0.2, -0.15) is 0 Å². The van der Waals surface area contributed by atoms with E-state index in [1.807, 2.05) is 7.05 Å². The molecule has 1 rings (SSSR count). The molecule has 0 bridgehead atoms. The van der Waals surface area contributed by atoms with E-state index in [4.69, 9.17) is 5.11 Å². The first kappa shape index (κ1) is 6.01. The van der Waals surface area contributed by atoms with Crippen LogP contribution in [0, 0.1) is 0 Å². The molecule has 0 aromatic rings. The number of aliphatic hydroxyl groups excluding tert-OH is 1. The van der Waals surface area contributed by atoms with Gasteiger partial charge in [0.15, 0.2) is 0 Å². The molecule has 0 aliphatic carbocycles. The van der Waals surface area contributed by atoms with Crippen LogP contribution < -0.4 is 10.6 Å². The van der Waals surface area contributed by atoms with Gasteiger partial charge >= 0.3 is 0 Å². The molecule has 1 aliphatic heterocycles. The van der Waals surface area contributed by atoms with Crippen LogP contribution in [0.4, 0.5) is 0 Å². The second kappa shape index (κ2) is 2.44. The second-order valence-corrected chi connectivity index (χ2v) is 2.05. The maximum absolute atomic E-state index is 9.03. The molecule has 2 unspecified atom stereocenters. The van der Waals surface area contributed by atoms with E-state index in [9.17, 15) is 0 Å². The number of hydrogen-bond acceptors (Lipinski definition) is 2. The van der Waals surface area contributed by atoms with Crippen LogP contribution in [-0.2, 0) is 0 Å². The summed E-state index contributed by atoms with van der Waals surface area (Å²) in [6.45, 7) is 1.36. The van der Waals surface area contributed by atoms with E-state index in [0.29, 0.717) is 6.54 Å². The van der Waals surface area contributed by atoms with E-state index >= 15 is 0 Å². The summed E-state index contributed by atoms with van der Waals surface area (Å²) in [5.74, 6) is 0. The second-order valence-electron chi connectivity index (χ2n) is 2.05. The quantitative estimate of drug-likeness (QED) is 0.439. The zero-order chi connectivity index (χ0) is 5.98. The Morgan fingerprint density at radius 3 is 2.62 bits per heavy atom. The summed E-state index contributed by atoms with van der Waals surface area (Å²) in [7, 11) is 1.84. The number of rotatable bonds is 1. The van der Waals surface area contributed by atoms with Gasteiger partial charge in [-0.15, -0.1) is 0 Å². The lowest BCUT2D eigenvalue weighted by atomic mass is 10.2. The minimum absolute atomic E-state index is 0.204. The first-order valence-corrected chi connectivity index (χ1v) is 2.83. The lowest BCUT2D eigenvalue weighted by molar-refractivity contribution is 0.167. The summed E-state index contributed by atoms with van der Waals surface area (Å²) in [4.78, 5) is 0. The molecule has 0 aromatic heterocycles. The lowest BCUT2D eigenvalue weighted by Gasteiger charge is -2.09. The molecule has 1 aliphatic rings. The third kappa shape index (κ3) is 0.992. The molecule has 3 heteroatoms. The molecule has 0 amide bonds. The van der Waals surface area contributed by atoms with Gasteiger partial charge in [-0.3, -0.25) is 0 Å². The van der Waals surface area contributed by atoms with Crippen molar-refractivity contribution in [3.63, 3.8) is 0 Å². The van der Waals surface area contributed by atoms with E-state index in [1.54, 1.807) is 0 Å². The molecule has 8 heavy (non-hydrogen) atoms. The van der Waals surface area contributed by atoms with Crippen molar-refractivity contribution in [2.24, 2.45) is 0 Å². The van der Waals surface area contributed by atoms with Crippen LogP contribution in [0.15, 0.2) is 0 Å². The highest BCUT2D eigenvalue weighted by atomic mass is 16.3. The molecular formula is C5H11N2O. The van der Waals surface area contributed by atoms with Gasteiger partial charge in [-0.05, 0) is 7.05 Å². The molecule has 0 spiro atoms. The maximum Gasteiger partial charge on any atom is 0.0846 e. The standard InChI is InChI=1S/C5H11N2O/c1-6-4-2-7-3-5(4)8/h4-6,8H,2-3H2,1H3. The van der Waals surface area contributed by atoms with E-state index in [0.717, 1.165) is 6.54 Å². The predicted molar refractivity (Wildman–Crippen MR) is 30.7 cm³/mol. The molecule has 1 heterocycles. The van der Waals surface area contributed by atoms with Gasteiger partial charge < -0.3 is 10.4 Å². The fourth-order valence-corrected chi connectivity index (χ4v) is 0.878. The Morgan fingerprint density at radius 2 is 2.38 bits per heavy atom. The summed E-state index contributed by atoms with van der Waals surface area (Å²) in [5.41, 5.74) is 0. The van der Waals surface area contributed by atoms with Gasteiger partial charge in [0.05, 0.1) is 6.10 Å². The van der Waals surface area contributed by atoms with Gasteiger partial charge in [0.25, 0.3) is 0 Å². The van der Waals surface area contributed by atoms with Gasteiger partial charge in [-0.25, -0.2) is 5.32 Å². The Labute approximate surface area is 49.1 Å². The normalized spacial score (nSPS) is 38.2. The molecule has 0 aromatic carbocycles. The maximum atomic E-state index is 9.03. The first-order valence-electron chi connectivity index (χ1n) is 2.83. The Kier molecular flexibility index (Phi) is 1.83. The van der Waals surface area contributed by atoms with Crippen LogP contribution in [0.25, 0.3) is 0 Å². The number of hydrogen-bond donors (Lipinski definition) is 2. The summed E-state index contributed by atoms with van der Waals surface area (Å²) in [6.07, 6.45) is -0.250. The monoisotopic (exact) mass is 115 g/mol. The average Bonchev–Trinajstić information content (AvgIpc) is 2.14. The molecule has 2 N–H and O–H groups in total. The molecule has 1 radical (unpaired) electrons. The molecular weight excluding hydrogens is 104 g/mol. The van der Waals surface area contributed by atoms with Gasteiger partial charge in [-0.1, -0.05) is 0 Å². The van der Waals surface area contributed by atoms with Crippen molar-refractivity contribution in [2.45, 2.75) is 12.1 Å². The number of nitrogens with one attached hydrogen (secondary N) is 1. The Bertz CT molecular complexity index is 76.8. The highest BCUT2D eigenvalue weighted by Gasteiger charge is 2.23. The Balaban J connectivity index is 2.30. The average molecular weight is 115 g/mol. The van der Waals surface area contributed by atoms with E-state index in [1.165, 1.54) is 0 Å². The van der Waals surface area contributed by atoms with Crippen LogP contribution >= 0.6 is 0 Å². The van der Waals surface area contributed by atoms with Gasteiger partial charge in [0.2, 0.25) is 0 Å². The van der Waals surface area contributed by atoms with Crippen molar-refractivity contribution < 1.29 is 5.11 Å². The topological polar surface area (TPSA) is 46.4 Å². The SMILES string of the molecule is CNC1C[N]CC1O. The van der Waals surface area contributed by atoms with Crippen LogP contribution in [0.2, 0.25) is 0 Å². The van der Waals surface area contributed by atoms with Crippen molar-refractivity contribution in [3.05, 3.63) is 0 Å². The number of nitrogens with zero attached hydrogens (tertiary/aromatic N) is 1. The van der Waals surface area contributed by atoms with Crippen molar-refractivity contribution in [3.8, 4) is 0 Å². The third-order valence-corrected chi connectivity index (χ3v) is 1.48. The highest BCUT2D eigenvalue weighted by molar-refractivity contribution is 4.84. The van der Waals surface area contributed by atoms with Crippen molar-refractivity contribution >= 4 is 0 Å². The van der Waals surface area contributed by atoms with E-state index in [-0.39, 0.29) is 12.1 Å². The molecule has 3 nitrogen and oxygen atoms in total. The van der Waals surface area contributed by atoms with E-state index < -0.39 is 0 Å². The highest BCUT2D eigenvalue weighted by Crippen LogP contribution is 1.98. The van der Waals surface area contributed by atoms with Gasteiger partial charge in [0.1, 0.15) is 0 Å². The van der Waals surface area contributed by atoms with Crippen molar-refractivity contribution in [1.29, 1.82) is 0 Å². The zero-order valence-corrected chi connectivity index (χ0v) is 4.96. The van der Waals surface area contributed by atoms with E-state index in [2.05, 4.69) is 10.6 Å². The van der Waals surface area contributed by atoms with Crippen molar-refractivity contribution in [2.75, 3.05) is 20.1 Å². The van der Waals surface area contributed by atoms with Gasteiger partial charge in [0, 0.05) is 19.1 Å². The zero-order valence-electron chi connectivity index (χ0n) is 4.96. The lowest BCUT2D eigenvalue weighted by Crippen LogP contribution is -2.35. The van der Waals surface area contributed by atoms with Crippen LogP contribution in [-0.4, -0.2) is 37.4 Å². The molecule has 0 saturated carbocycles. The summed E-state index contributed by atoms with van der Waals surface area (Å²) >= 11 is 0. The molecule has 1 saturated heterocycles. The predicted octanol–water partition coefficient (Wildman–Crippen LogP) is -1.45. The summed E-state index contributed by atoms with van der Waals surface area (Å²) in [6, 6.07) is 0.204. The first-order chi connectivity index (χ1) is 3.84. The number of aliphatic hydroxyl groups is 1. The largest absolute Gasteiger partial charge is 0.390 e. The van der Waals surface area contributed by atoms with Crippen molar-refractivity contribution in [1.82, 2.24) is 10.6 Å². The van der Waals surface area contributed by atoms with Crippen LogP contribution in [0.5, 0.6) is 0 Å². The fraction of sp³-hybridized carbons (Fsp3) is 1.00. The summed E-state index contributed by atoms with van der Waals surface area (Å²) in [5, 5.41) is 16.0. The Hall–Kier alpha value is -0.120. The minimum Gasteiger partial charge on any atom is -0.390 e. The fourth-order valence-electron chi connectivity index (χ4n) is 0.878. The minimum atomic E-state index is -0.250. The molecule has 1 fully saturated rings.